The van der Waals surface area contributed by atoms with Gasteiger partial charge in [-0.3, -0.25) is 0 Å². The number of hydrogen-bond acceptors (Lipinski definition) is 4. The minimum atomic E-state index is 0.0972. The number of thiophene rings is 1. The Hall–Kier alpha value is -0.710. The lowest BCUT2D eigenvalue weighted by Crippen LogP contribution is -2.23. The third-order valence-electron chi connectivity index (χ3n) is 2.81. The summed E-state index contributed by atoms with van der Waals surface area (Å²) in [7, 11) is 0. The third kappa shape index (κ3) is 3.65. The van der Waals surface area contributed by atoms with E-state index < -0.39 is 0 Å². The lowest BCUT2D eigenvalue weighted by molar-refractivity contribution is 0.546. The largest absolute Gasteiger partial charge is 0.310 e. The Kier molecular flexibility index (Phi) is 4.43. The Balaban J connectivity index is 2.34. The molecule has 0 aliphatic rings. The van der Waals surface area contributed by atoms with Gasteiger partial charge in [-0.15, -0.1) is 22.7 Å². The molecule has 0 saturated heterocycles. The Bertz CT molecular complexity index is 519. The smallest absolute Gasteiger partial charge is 0.133 e. The van der Waals surface area contributed by atoms with E-state index >= 15 is 0 Å². The zero-order valence-electron chi connectivity index (χ0n) is 12.3. The van der Waals surface area contributed by atoms with Gasteiger partial charge in [0.1, 0.15) is 5.01 Å². The van der Waals surface area contributed by atoms with E-state index in [9.17, 15) is 0 Å². The van der Waals surface area contributed by atoms with Gasteiger partial charge in [-0.1, -0.05) is 40.7 Å². The van der Waals surface area contributed by atoms with Gasteiger partial charge >= 0.3 is 0 Å². The van der Waals surface area contributed by atoms with Crippen LogP contribution < -0.4 is 5.32 Å². The standard InChI is InChI=1S/C15H22N2S2/c1-10(2)16-9-12-13(15(3,4)5)17-14(19-12)11-7-6-8-18-11/h6-8,10,16H,9H2,1-5H3. The summed E-state index contributed by atoms with van der Waals surface area (Å²) in [5.74, 6) is 0. The van der Waals surface area contributed by atoms with E-state index in [1.165, 1.54) is 15.4 Å². The molecule has 0 spiro atoms. The van der Waals surface area contributed by atoms with Gasteiger partial charge in [0.15, 0.2) is 0 Å². The van der Waals surface area contributed by atoms with E-state index in [0.29, 0.717) is 6.04 Å². The van der Waals surface area contributed by atoms with Crippen molar-refractivity contribution in [3.05, 3.63) is 28.1 Å². The van der Waals surface area contributed by atoms with Gasteiger partial charge in [0.2, 0.25) is 0 Å². The molecule has 2 aromatic heterocycles. The summed E-state index contributed by atoms with van der Waals surface area (Å²) < 4.78 is 0. The number of thiazole rings is 1. The van der Waals surface area contributed by atoms with Crippen LogP contribution in [0.2, 0.25) is 0 Å². The molecule has 4 heteroatoms. The molecule has 2 nitrogen and oxygen atoms in total. The van der Waals surface area contributed by atoms with Crippen molar-refractivity contribution < 1.29 is 0 Å². The fourth-order valence-corrected chi connectivity index (χ4v) is 3.88. The van der Waals surface area contributed by atoms with E-state index in [-0.39, 0.29) is 5.41 Å². The fraction of sp³-hybridized carbons (Fsp3) is 0.533. The molecule has 0 amide bonds. The molecule has 2 rings (SSSR count). The number of hydrogen-bond donors (Lipinski definition) is 1. The number of nitrogens with one attached hydrogen (secondary N) is 1. The maximum Gasteiger partial charge on any atom is 0.133 e. The van der Waals surface area contributed by atoms with Crippen LogP contribution in [-0.2, 0) is 12.0 Å². The lowest BCUT2D eigenvalue weighted by Gasteiger charge is -2.18. The molecule has 0 bridgehead atoms. The second-order valence-corrected chi connectivity index (χ2v) is 8.09. The first-order chi connectivity index (χ1) is 8.88. The van der Waals surface area contributed by atoms with E-state index in [1.807, 2.05) is 11.3 Å². The summed E-state index contributed by atoms with van der Waals surface area (Å²) in [5.41, 5.74) is 1.33. The van der Waals surface area contributed by atoms with Gasteiger partial charge in [0.05, 0.1) is 10.6 Å². The normalized spacial score (nSPS) is 12.3. The highest BCUT2D eigenvalue weighted by molar-refractivity contribution is 7.21. The molecule has 104 valence electrons. The molecule has 0 aliphatic heterocycles. The second-order valence-electron chi connectivity index (χ2n) is 6.05. The molecule has 2 aromatic rings. The van der Waals surface area contributed by atoms with Crippen LogP contribution in [0.3, 0.4) is 0 Å². The molecule has 0 atom stereocenters. The first-order valence-electron chi connectivity index (χ1n) is 6.65. The molecule has 0 unspecified atom stereocenters. The van der Waals surface area contributed by atoms with Crippen molar-refractivity contribution in [2.24, 2.45) is 0 Å². The van der Waals surface area contributed by atoms with Crippen molar-refractivity contribution in [1.29, 1.82) is 0 Å². The summed E-state index contributed by atoms with van der Waals surface area (Å²) in [6.45, 7) is 12.0. The maximum absolute atomic E-state index is 4.89. The summed E-state index contributed by atoms with van der Waals surface area (Å²) in [6, 6.07) is 4.74. The second kappa shape index (κ2) is 5.73. The Morgan fingerprint density at radius 1 is 1.32 bits per heavy atom. The highest BCUT2D eigenvalue weighted by Gasteiger charge is 2.23. The van der Waals surface area contributed by atoms with Gasteiger partial charge in [-0.05, 0) is 11.4 Å². The number of nitrogens with zero attached hydrogens (tertiary/aromatic N) is 1. The molecule has 0 aliphatic carbocycles. The van der Waals surface area contributed by atoms with Crippen molar-refractivity contribution in [3.63, 3.8) is 0 Å². The van der Waals surface area contributed by atoms with E-state index in [1.54, 1.807) is 11.3 Å². The van der Waals surface area contributed by atoms with Gasteiger partial charge in [0.25, 0.3) is 0 Å². The summed E-state index contributed by atoms with van der Waals surface area (Å²) >= 11 is 3.58. The van der Waals surface area contributed by atoms with Crippen LogP contribution in [0, 0.1) is 0 Å². The Morgan fingerprint density at radius 2 is 2.05 bits per heavy atom. The van der Waals surface area contributed by atoms with Crippen LogP contribution in [-0.4, -0.2) is 11.0 Å². The van der Waals surface area contributed by atoms with Gasteiger partial charge in [-0.2, -0.15) is 0 Å². The molecule has 2 heterocycles. The van der Waals surface area contributed by atoms with E-state index in [4.69, 9.17) is 4.98 Å². The Labute approximate surface area is 123 Å². The molecule has 1 N–H and O–H groups in total. The minimum Gasteiger partial charge on any atom is -0.310 e. The molecule has 19 heavy (non-hydrogen) atoms. The SMILES string of the molecule is CC(C)NCc1sc(-c2cccs2)nc1C(C)(C)C. The third-order valence-corrected chi connectivity index (χ3v) is 4.91. The van der Waals surface area contributed by atoms with Crippen molar-refractivity contribution >= 4 is 22.7 Å². The highest BCUT2D eigenvalue weighted by atomic mass is 32.1. The predicted molar refractivity (Wildman–Crippen MR) is 86.1 cm³/mol. The van der Waals surface area contributed by atoms with Crippen LogP contribution in [0.1, 0.15) is 45.2 Å². The summed E-state index contributed by atoms with van der Waals surface area (Å²) in [4.78, 5) is 7.53. The quantitative estimate of drug-likeness (QED) is 0.886. The predicted octanol–water partition coefficient (Wildman–Crippen LogP) is 4.67. The van der Waals surface area contributed by atoms with Gasteiger partial charge < -0.3 is 5.32 Å². The number of rotatable bonds is 4. The summed E-state index contributed by atoms with van der Waals surface area (Å²) in [6.07, 6.45) is 0. The zero-order chi connectivity index (χ0) is 14.0. The minimum absolute atomic E-state index is 0.0972. The maximum atomic E-state index is 4.89. The zero-order valence-corrected chi connectivity index (χ0v) is 13.9. The Morgan fingerprint density at radius 3 is 2.58 bits per heavy atom. The van der Waals surface area contributed by atoms with Crippen LogP contribution in [0.25, 0.3) is 9.88 Å². The lowest BCUT2D eigenvalue weighted by atomic mass is 9.91. The van der Waals surface area contributed by atoms with Crippen molar-refractivity contribution in [1.82, 2.24) is 10.3 Å². The number of aromatic nitrogens is 1. The van der Waals surface area contributed by atoms with Crippen LogP contribution in [0.5, 0.6) is 0 Å². The molecule has 0 radical (unpaired) electrons. The van der Waals surface area contributed by atoms with Crippen molar-refractivity contribution in [2.75, 3.05) is 0 Å². The van der Waals surface area contributed by atoms with E-state index in [2.05, 4.69) is 57.4 Å². The topological polar surface area (TPSA) is 24.9 Å². The molecular formula is C15H22N2S2. The first-order valence-corrected chi connectivity index (χ1v) is 8.35. The van der Waals surface area contributed by atoms with Crippen LogP contribution in [0.4, 0.5) is 0 Å². The van der Waals surface area contributed by atoms with Crippen molar-refractivity contribution in [2.45, 2.75) is 52.6 Å². The van der Waals surface area contributed by atoms with Gasteiger partial charge in [-0.25, -0.2) is 4.98 Å². The summed E-state index contributed by atoms with van der Waals surface area (Å²) in [5, 5.41) is 6.77. The van der Waals surface area contributed by atoms with E-state index in [0.717, 1.165) is 11.6 Å². The molecular weight excluding hydrogens is 272 g/mol. The van der Waals surface area contributed by atoms with Gasteiger partial charge in [0, 0.05) is 22.9 Å². The highest BCUT2D eigenvalue weighted by Crippen LogP contribution is 2.36. The first kappa shape index (κ1) is 14.7. The van der Waals surface area contributed by atoms with Crippen LogP contribution in [0.15, 0.2) is 17.5 Å². The molecule has 0 fully saturated rings. The van der Waals surface area contributed by atoms with Crippen LogP contribution >= 0.6 is 22.7 Å². The average molecular weight is 294 g/mol. The molecule has 0 aromatic carbocycles. The average Bonchev–Trinajstić information content (AvgIpc) is 2.94. The fourth-order valence-electron chi connectivity index (χ4n) is 1.86. The molecule has 0 saturated carbocycles. The van der Waals surface area contributed by atoms with Crippen molar-refractivity contribution in [3.8, 4) is 9.88 Å². The monoisotopic (exact) mass is 294 g/mol.